The first-order chi connectivity index (χ1) is 10.7. The van der Waals surface area contributed by atoms with E-state index in [-0.39, 0.29) is 0 Å². The number of nitrogens with zero attached hydrogens (tertiary/aromatic N) is 6. The average molecular weight is 309 g/mol. The molecule has 0 bridgehead atoms. The van der Waals surface area contributed by atoms with Crippen molar-refractivity contribution in [3.8, 4) is 0 Å². The Balaban J connectivity index is 1.89. The topological polar surface area (TPSA) is 93.8 Å². The Kier molecular flexibility index (Phi) is 2.83. The van der Waals surface area contributed by atoms with Crippen molar-refractivity contribution in [2.24, 2.45) is 10.2 Å². The predicted molar refractivity (Wildman–Crippen MR) is 85.9 cm³/mol. The van der Waals surface area contributed by atoms with E-state index >= 15 is 0 Å². The Morgan fingerprint density at radius 1 is 1.14 bits per heavy atom. The van der Waals surface area contributed by atoms with Gasteiger partial charge in [0.15, 0.2) is 5.69 Å². The molecule has 4 aromatic rings. The summed E-state index contributed by atoms with van der Waals surface area (Å²) in [6, 6.07) is 9.52. The Labute approximate surface area is 129 Å². The minimum atomic E-state index is 0.572. The monoisotopic (exact) mass is 309 g/mol. The highest BCUT2D eigenvalue weighted by molar-refractivity contribution is 7.15. The molecule has 0 unspecified atom stereocenters. The van der Waals surface area contributed by atoms with Crippen molar-refractivity contribution in [3.63, 3.8) is 0 Å². The fraction of sp³-hybridized carbons (Fsp3) is 0.0714. The highest BCUT2D eigenvalue weighted by Gasteiger charge is 2.15. The second kappa shape index (κ2) is 4.85. The van der Waals surface area contributed by atoms with Gasteiger partial charge in [-0.1, -0.05) is 18.2 Å². The van der Waals surface area contributed by atoms with Gasteiger partial charge in [0.1, 0.15) is 16.0 Å². The number of thiophene rings is 1. The number of benzene rings is 1. The molecule has 0 saturated carbocycles. The molecular weight excluding hydrogens is 298 g/mol. The van der Waals surface area contributed by atoms with Crippen molar-refractivity contribution in [3.05, 3.63) is 41.4 Å². The number of anilines is 1. The lowest BCUT2D eigenvalue weighted by Crippen LogP contribution is -1.95. The Hall–Kier alpha value is -2.87. The number of aryl methyl sites for hydroxylation is 1. The SMILES string of the molecule is Cc1nn2c(nnc3c(N)scc32)c1N=Nc1ccccc1. The van der Waals surface area contributed by atoms with E-state index in [0.717, 1.165) is 16.9 Å². The van der Waals surface area contributed by atoms with E-state index in [1.54, 1.807) is 4.52 Å². The number of fused-ring (bicyclic) bond motifs is 3. The molecule has 3 heterocycles. The summed E-state index contributed by atoms with van der Waals surface area (Å²) in [5, 5.41) is 23.9. The third kappa shape index (κ3) is 1.92. The smallest absolute Gasteiger partial charge is 0.206 e. The molecule has 0 spiro atoms. The highest BCUT2D eigenvalue weighted by atomic mass is 32.1. The molecular formula is C14H11N7S. The molecule has 108 valence electrons. The number of rotatable bonds is 2. The molecule has 8 heteroatoms. The standard InChI is InChI=1S/C14H11N7S/c1-8-11(17-16-9-5-3-2-4-6-9)14-19-18-12-10(21(14)20-8)7-22-13(12)15/h2-7H,15H2,1H3. The van der Waals surface area contributed by atoms with Crippen LogP contribution in [-0.4, -0.2) is 19.8 Å². The van der Waals surface area contributed by atoms with Crippen molar-refractivity contribution < 1.29 is 0 Å². The van der Waals surface area contributed by atoms with E-state index in [1.165, 1.54) is 11.3 Å². The summed E-state index contributed by atoms with van der Waals surface area (Å²) in [5.41, 5.74) is 10.1. The molecule has 0 atom stereocenters. The lowest BCUT2D eigenvalue weighted by Gasteiger charge is -1.95. The third-order valence-corrected chi connectivity index (χ3v) is 4.06. The summed E-state index contributed by atoms with van der Waals surface area (Å²) in [4.78, 5) is 0. The zero-order valence-electron chi connectivity index (χ0n) is 11.6. The average Bonchev–Trinajstić information content (AvgIpc) is 3.06. The quantitative estimate of drug-likeness (QED) is 0.572. The zero-order valence-corrected chi connectivity index (χ0v) is 12.4. The normalized spacial score (nSPS) is 11.9. The van der Waals surface area contributed by atoms with Crippen LogP contribution in [-0.2, 0) is 0 Å². The van der Waals surface area contributed by atoms with Gasteiger partial charge in [0.25, 0.3) is 0 Å². The number of hydrogen-bond acceptors (Lipinski definition) is 7. The van der Waals surface area contributed by atoms with Crippen LogP contribution in [0.3, 0.4) is 0 Å². The Morgan fingerprint density at radius 2 is 1.95 bits per heavy atom. The van der Waals surface area contributed by atoms with E-state index in [4.69, 9.17) is 5.73 Å². The lowest BCUT2D eigenvalue weighted by molar-refractivity contribution is 0.929. The van der Waals surface area contributed by atoms with Crippen molar-refractivity contribution in [2.45, 2.75) is 6.92 Å². The van der Waals surface area contributed by atoms with Crippen molar-refractivity contribution in [1.82, 2.24) is 19.8 Å². The molecule has 0 aliphatic rings. The molecule has 0 aliphatic heterocycles. The van der Waals surface area contributed by atoms with Gasteiger partial charge in [0, 0.05) is 5.38 Å². The molecule has 0 saturated heterocycles. The second-order valence-electron chi connectivity index (χ2n) is 4.74. The van der Waals surface area contributed by atoms with Gasteiger partial charge in [-0.15, -0.1) is 26.6 Å². The van der Waals surface area contributed by atoms with Crippen LogP contribution >= 0.6 is 11.3 Å². The van der Waals surface area contributed by atoms with Gasteiger partial charge in [0.05, 0.1) is 11.4 Å². The minimum Gasteiger partial charge on any atom is -0.389 e. The van der Waals surface area contributed by atoms with Gasteiger partial charge in [-0.25, -0.2) is 4.52 Å². The maximum absolute atomic E-state index is 5.88. The van der Waals surface area contributed by atoms with E-state index in [2.05, 4.69) is 25.5 Å². The molecule has 7 nitrogen and oxygen atoms in total. The second-order valence-corrected chi connectivity index (χ2v) is 5.65. The minimum absolute atomic E-state index is 0.572. The largest absolute Gasteiger partial charge is 0.389 e. The molecule has 4 rings (SSSR count). The van der Waals surface area contributed by atoms with Gasteiger partial charge in [-0.3, -0.25) is 0 Å². The van der Waals surface area contributed by atoms with Gasteiger partial charge in [-0.2, -0.15) is 10.2 Å². The first kappa shape index (κ1) is 12.8. The molecule has 0 aliphatic carbocycles. The van der Waals surface area contributed by atoms with Crippen molar-refractivity contribution in [2.75, 3.05) is 5.73 Å². The molecule has 2 N–H and O–H groups in total. The van der Waals surface area contributed by atoms with Crippen molar-refractivity contribution >= 4 is 44.4 Å². The summed E-state index contributed by atoms with van der Waals surface area (Å²) >= 11 is 1.42. The fourth-order valence-electron chi connectivity index (χ4n) is 2.19. The molecule has 0 fully saturated rings. The number of azo groups is 1. The van der Waals surface area contributed by atoms with Gasteiger partial charge in [-0.05, 0) is 19.1 Å². The van der Waals surface area contributed by atoms with Gasteiger partial charge < -0.3 is 5.73 Å². The van der Waals surface area contributed by atoms with Crippen LogP contribution in [0.5, 0.6) is 0 Å². The number of nitrogen functional groups attached to an aromatic ring is 1. The third-order valence-electron chi connectivity index (χ3n) is 3.27. The number of nitrogens with two attached hydrogens (primary N) is 1. The summed E-state index contributed by atoms with van der Waals surface area (Å²) in [5.74, 6) is 0. The molecule has 0 radical (unpaired) electrons. The van der Waals surface area contributed by atoms with Crippen molar-refractivity contribution in [1.29, 1.82) is 0 Å². The fourth-order valence-corrected chi connectivity index (χ4v) is 2.90. The van der Waals surface area contributed by atoms with Crippen LogP contribution in [0, 0.1) is 6.92 Å². The molecule has 0 amide bonds. The maximum Gasteiger partial charge on any atom is 0.206 e. The first-order valence-electron chi connectivity index (χ1n) is 6.59. The van der Waals surface area contributed by atoms with Crippen LogP contribution in [0.1, 0.15) is 5.69 Å². The van der Waals surface area contributed by atoms with Crippen LogP contribution < -0.4 is 5.73 Å². The van der Waals surface area contributed by atoms with E-state index in [0.29, 0.717) is 21.9 Å². The van der Waals surface area contributed by atoms with E-state index < -0.39 is 0 Å². The van der Waals surface area contributed by atoms with Gasteiger partial charge >= 0.3 is 0 Å². The van der Waals surface area contributed by atoms with Crippen LogP contribution in [0.2, 0.25) is 0 Å². The zero-order chi connectivity index (χ0) is 15.1. The molecule has 22 heavy (non-hydrogen) atoms. The predicted octanol–water partition coefficient (Wildman–Crippen LogP) is 3.65. The summed E-state index contributed by atoms with van der Waals surface area (Å²) in [6.45, 7) is 1.87. The molecule has 1 aromatic carbocycles. The van der Waals surface area contributed by atoms with E-state index in [1.807, 2.05) is 42.6 Å². The van der Waals surface area contributed by atoms with E-state index in [9.17, 15) is 0 Å². The highest BCUT2D eigenvalue weighted by Crippen LogP contribution is 2.31. The van der Waals surface area contributed by atoms with Crippen LogP contribution in [0.25, 0.3) is 16.7 Å². The van der Waals surface area contributed by atoms with Crippen LogP contribution in [0.4, 0.5) is 16.4 Å². The number of hydrogen-bond donors (Lipinski definition) is 1. The lowest BCUT2D eigenvalue weighted by atomic mass is 10.3. The number of aromatic nitrogens is 4. The first-order valence-corrected chi connectivity index (χ1v) is 7.47. The van der Waals surface area contributed by atoms with Crippen LogP contribution in [0.15, 0.2) is 45.9 Å². The summed E-state index contributed by atoms with van der Waals surface area (Å²) in [7, 11) is 0. The Morgan fingerprint density at radius 3 is 2.77 bits per heavy atom. The maximum atomic E-state index is 5.88. The summed E-state index contributed by atoms with van der Waals surface area (Å²) in [6.07, 6.45) is 0. The van der Waals surface area contributed by atoms with Gasteiger partial charge in [0.2, 0.25) is 5.65 Å². The Bertz CT molecular complexity index is 1000. The summed E-state index contributed by atoms with van der Waals surface area (Å²) < 4.78 is 1.71. The molecule has 3 aromatic heterocycles.